The molecule has 1 N–H and O–H groups in total. The summed E-state index contributed by atoms with van der Waals surface area (Å²) in [7, 11) is 2.09. The third-order valence-electron chi connectivity index (χ3n) is 8.15. The Morgan fingerprint density at radius 3 is 2.36 bits per heavy atom. The van der Waals surface area contributed by atoms with E-state index in [1.54, 1.807) is 0 Å². The summed E-state index contributed by atoms with van der Waals surface area (Å²) in [6.07, 6.45) is 1.44. The highest BCUT2D eigenvalue weighted by atomic mass is 16.5. The van der Waals surface area contributed by atoms with Crippen LogP contribution in [0, 0.1) is 12.8 Å². The summed E-state index contributed by atoms with van der Waals surface area (Å²) >= 11 is 0. The molecule has 2 amide bonds. The fraction of sp³-hybridized carbons (Fsp3) is 0.389. The minimum absolute atomic E-state index is 0.0951. The largest absolute Gasteiger partial charge is 0.379 e. The van der Waals surface area contributed by atoms with Gasteiger partial charge in [-0.15, -0.1) is 0 Å². The van der Waals surface area contributed by atoms with E-state index in [1.165, 1.54) is 5.56 Å². The number of nitrogens with one attached hydrogen (secondary N) is 1. The SMILES string of the molecule is Cc1ccc(-c2c(C3c4ccccc4C(=O)N3C(CC(C)C)C(=O)NCCCOC(C)C)c3ccccc3n2C)cc1. The molecule has 220 valence electrons. The minimum atomic E-state index is -0.620. The molecule has 5 rings (SSSR count). The van der Waals surface area contributed by atoms with Gasteiger partial charge in [0.05, 0.1) is 17.8 Å². The fourth-order valence-corrected chi connectivity index (χ4v) is 6.23. The molecule has 1 aliphatic heterocycles. The molecule has 0 spiro atoms. The van der Waals surface area contributed by atoms with Crippen molar-refractivity contribution in [1.82, 2.24) is 14.8 Å². The lowest BCUT2D eigenvalue weighted by atomic mass is 9.91. The van der Waals surface area contributed by atoms with Gasteiger partial charge in [-0.1, -0.05) is 80.1 Å². The third kappa shape index (κ3) is 5.73. The van der Waals surface area contributed by atoms with Gasteiger partial charge in [0.15, 0.2) is 0 Å². The Kier molecular flexibility index (Phi) is 8.83. The third-order valence-corrected chi connectivity index (χ3v) is 8.15. The van der Waals surface area contributed by atoms with Crippen LogP contribution in [0.3, 0.4) is 0 Å². The van der Waals surface area contributed by atoms with Gasteiger partial charge in [0.25, 0.3) is 5.91 Å². The smallest absolute Gasteiger partial charge is 0.255 e. The molecular weight excluding hydrogens is 522 g/mol. The molecule has 6 heteroatoms. The number of carbonyl (C=O) groups is 2. The van der Waals surface area contributed by atoms with Gasteiger partial charge in [0.2, 0.25) is 5.91 Å². The van der Waals surface area contributed by atoms with E-state index in [4.69, 9.17) is 4.74 Å². The van der Waals surface area contributed by atoms with Crippen molar-refractivity contribution in [1.29, 1.82) is 0 Å². The number of para-hydroxylation sites is 1. The molecule has 2 unspecified atom stereocenters. The molecule has 0 bridgehead atoms. The predicted octanol–water partition coefficient (Wildman–Crippen LogP) is 7.04. The molecule has 2 atom stereocenters. The Morgan fingerprint density at radius 1 is 0.952 bits per heavy atom. The average Bonchev–Trinajstić information content (AvgIpc) is 3.42. The molecule has 3 aromatic carbocycles. The molecule has 0 fully saturated rings. The number of aromatic nitrogens is 1. The molecule has 0 saturated heterocycles. The van der Waals surface area contributed by atoms with Crippen LogP contribution >= 0.6 is 0 Å². The van der Waals surface area contributed by atoms with Gasteiger partial charge in [0.1, 0.15) is 6.04 Å². The first-order chi connectivity index (χ1) is 20.2. The standard InChI is InChI=1S/C36H43N3O3/c1-23(2)22-31(35(40)37-20-11-21-42-24(3)4)39-34(27-12-7-8-13-28(27)36(39)41)32-29-14-9-10-15-30(29)38(6)33(32)26-18-16-25(5)17-19-26/h7-10,12-19,23-24,31,34H,11,20-22H2,1-6H3,(H,37,40). The Balaban J connectivity index is 1.65. The van der Waals surface area contributed by atoms with Crippen LogP contribution in [0.5, 0.6) is 0 Å². The number of ether oxygens (including phenoxy) is 1. The number of hydrogen-bond donors (Lipinski definition) is 1. The summed E-state index contributed by atoms with van der Waals surface area (Å²) < 4.78 is 7.90. The lowest BCUT2D eigenvalue weighted by Crippen LogP contribution is -2.49. The Labute approximate surface area is 249 Å². The number of rotatable bonds is 11. The molecule has 4 aromatic rings. The zero-order valence-corrected chi connectivity index (χ0v) is 25.7. The normalized spacial score (nSPS) is 15.6. The summed E-state index contributed by atoms with van der Waals surface area (Å²) in [5.41, 5.74) is 7.09. The van der Waals surface area contributed by atoms with Crippen molar-refractivity contribution >= 4 is 22.7 Å². The first-order valence-corrected chi connectivity index (χ1v) is 15.1. The van der Waals surface area contributed by atoms with Crippen molar-refractivity contribution in [3.05, 3.63) is 95.1 Å². The Hall–Kier alpha value is -3.90. The second-order valence-corrected chi connectivity index (χ2v) is 12.1. The van der Waals surface area contributed by atoms with E-state index in [0.29, 0.717) is 25.1 Å². The second kappa shape index (κ2) is 12.5. The van der Waals surface area contributed by atoms with E-state index in [0.717, 1.165) is 39.7 Å². The van der Waals surface area contributed by atoms with Crippen molar-refractivity contribution in [2.24, 2.45) is 13.0 Å². The highest BCUT2D eigenvalue weighted by Gasteiger charge is 2.46. The Bertz CT molecular complexity index is 1570. The van der Waals surface area contributed by atoms with Gasteiger partial charge < -0.3 is 19.5 Å². The zero-order chi connectivity index (χ0) is 30.0. The van der Waals surface area contributed by atoms with Crippen LogP contribution in [0.15, 0.2) is 72.8 Å². The van der Waals surface area contributed by atoms with Crippen molar-refractivity contribution in [3.8, 4) is 11.3 Å². The number of nitrogens with zero attached hydrogens (tertiary/aromatic N) is 2. The van der Waals surface area contributed by atoms with Crippen molar-refractivity contribution in [2.45, 2.75) is 65.6 Å². The van der Waals surface area contributed by atoms with Gasteiger partial charge in [-0.2, -0.15) is 0 Å². The van der Waals surface area contributed by atoms with Crippen LogP contribution in [0.2, 0.25) is 0 Å². The van der Waals surface area contributed by atoms with Crippen molar-refractivity contribution < 1.29 is 14.3 Å². The quantitative estimate of drug-likeness (QED) is 0.198. The summed E-state index contributed by atoms with van der Waals surface area (Å²) in [6, 6.07) is 23.7. The topological polar surface area (TPSA) is 63.6 Å². The second-order valence-electron chi connectivity index (χ2n) is 12.1. The van der Waals surface area contributed by atoms with Gasteiger partial charge in [-0.05, 0) is 62.8 Å². The number of benzene rings is 3. The lowest BCUT2D eigenvalue weighted by molar-refractivity contribution is -0.126. The van der Waals surface area contributed by atoms with Crippen molar-refractivity contribution in [3.63, 3.8) is 0 Å². The van der Waals surface area contributed by atoms with E-state index in [2.05, 4.69) is 86.2 Å². The summed E-state index contributed by atoms with van der Waals surface area (Å²) in [5, 5.41) is 4.22. The van der Waals surface area contributed by atoms with Gasteiger partial charge >= 0.3 is 0 Å². The fourth-order valence-electron chi connectivity index (χ4n) is 6.23. The molecule has 6 nitrogen and oxygen atoms in total. The maximum absolute atomic E-state index is 14.3. The van der Waals surface area contributed by atoms with Crippen LogP contribution in [-0.4, -0.2) is 46.6 Å². The number of carbonyl (C=O) groups excluding carboxylic acids is 2. The molecule has 1 aromatic heterocycles. The highest BCUT2D eigenvalue weighted by Crippen LogP contribution is 2.47. The number of fused-ring (bicyclic) bond motifs is 2. The van der Waals surface area contributed by atoms with Crippen LogP contribution < -0.4 is 5.32 Å². The Morgan fingerprint density at radius 2 is 1.64 bits per heavy atom. The van der Waals surface area contributed by atoms with Crippen LogP contribution in [0.4, 0.5) is 0 Å². The van der Waals surface area contributed by atoms with Gasteiger partial charge in [0, 0.05) is 42.2 Å². The highest BCUT2D eigenvalue weighted by molar-refractivity contribution is 6.04. The van der Waals surface area contributed by atoms with E-state index < -0.39 is 12.1 Å². The van der Waals surface area contributed by atoms with E-state index in [-0.39, 0.29) is 23.8 Å². The molecular formula is C36H43N3O3. The van der Waals surface area contributed by atoms with Gasteiger partial charge in [-0.3, -0.25) is 9.59 Å². The van der Waals surface area contributed by atoms with Gasteiger partial charge in [-0.25, -0.2) is 0 Å². The van der Waals surface area contributed by atoms with Crippen molar-refractivity contribution in [2.75, 3.05) is 13.2 Å². The summed E-state index contributed by atoms with van der Waals surface area (Å²) in [4.78, 5) is 30.1. The minimum Gasteiger partial charge on any atom is -0.379 e. The van der Waals surface area contributed by atoms with E-state index in [1.807, 2.05) is 43.0 Å². The van der Waals surface area contributed by atoms with Crippen LogP contribution in [0.1, 0.15) is 73.6 Å². The molecule has 2 heterocycles. The predicted molar refractivity (Wildman–Crippen MR) is 170 cm³/mol. The zero-order valence-electron chi connectivity index (χ0n) is 25.7. The summed E-state index contributed by atoms with van der Waals surface area (Å²) in [6.45, 7) is 11.4. The molecule has 42 heavy (non-hydrogen) atoms. The number of amides is 2. The average molecular weight is 566 g/mol. The van der Waals surface area contributed by atoms with E-state index in [9.17, 15) is 9.59 Å². The molecule has 0 saturated carbocycles. The first kappa shape index (κ1) is 29.6. The van der Waals surface area contributed by atoms with E-state index >= 15 is 0 Å². The number of aryl methyl sites for hydroxylation is 2. The summed E-state index contributed by atoms with van der Waals surface area (Å²) in [5.74, 6) is 0.00475. The number of hydrogen-bond acceptors (Lipinski definition) is 3. The van der Waals surface area contributed by atoms with Crippen LogP contribution in [-0.2, 0) is 16.6 Å². The molecule has 0 aliphatic carbocycles. The maximum Gasteiger partial charge on any atom is 0.255 e. The lowest BCUT2D eigenvalue weighted by Gasteiger charge is -2.34. The molecule has 0 radical (unpaired) electrons. The first-order valence-electron chi connectivity index (χ1n) is 15.1. The monoisotopic (exact) mass is 565 g/mol. The maximum atomic E-state index is 14.3. The molecule has 1 aliphatic rings. The van der Waals surface area contributed by atoms with Crippen LogP contribution in [0.25, 0.3) is 22.2 Å².